The van der Waals surface area contributed by atoms with Gasteiger partial charge in [-0.15, -0.1) is 11.3 Å². The monoisotopic (exact) mass is 333 g/mol. The second kappa shape index (κ2) is 6.70. The predicted molar refractivity (Wildman–Crippen MR) is 86.4 cm³/mol. The fourth-order valence-corrected chi connectivity index (χ4v) is 2.76. The number of nitrogens with one attached hydrogen (secondary N) is 1. The van der Waals surface area contributed by atoms with Crippen LogP contribution < -0.4 is 10.1 Å². The van der Waals surface area contributed by atoms with Crippen LogP contribution in [0.4, 0.5) is 19.7 Å². The lowest BCUT2D eigenvalue weighted by molar-refractivity contribution is -0.0494. The molecule has 0 saturated carbocycles. The molecule has 0 radical (unpaired) electrons. The number of thiazole rings is 1. The molecule has 1 N–H and O–H groups in total. The number of hydrogen-bond acceptors (Lipinski definition) is 5. The first-order chi connectivity index (χ1) is 11.1. The van der Waals surface area contributed by atoms with Gasteiger partial charge in [-0.2, -0.15) is 8.78 Å². The molecular weight excluding hydrogens is 320 g/mol. The normalized spacial score (nSPS) is 10.8. The van der Waals surface area contributed by atoms with Crippen molar-refractivity contribution in [1.82, 2.24) is 9.97 Å². The topological polar surface area (TPSA) is 47.0 Å². The largest absolute Gasteiger partial charge is 0.434 e. The van der Waals surface area contributed by atoms with Crippen molar-refractivity contribution in [2.75, 3.05) is 5.32 Å². The summed E-state index contributed by atoms with van der Waals surface area (Å²) >= 11 is 1.37. The highest BCUT2D eigenvalue weighted by atomic mass is 32.1. The van der Waals surface area contributed by atoms with Gasteiger partial charge < -0.3 is 10.1 Å². The number of rotatable bonds is 5. The maximum absolute atomic E-state index is 12.5. The van der Waals surface area contributed by atoms with Gasteiger partial charge in [-0.25, -0.2) is 9.97 Å². The molecule has 23 heavy (non-hydrogen) atoms. The highest BCUT2D eigenvalue weighted by molar-refractivity contribution is 7.14. The van der Waals surface area contributed by atoms with Gasteiger partial charge in [-0.05, 0) is 31.2 Å². The van der Waals surface area contributed by atoms with E-state index in [0.717, 1.165) is 5.56 Å². The lowest BCUT2D eigenvalue weighted by Crippen LogP contribution is -2.03. The van der Waals surface area contributed by atoms with Crippen molar-refractivity contribution < 1.29 is 13.5 Å². The smallest absolute Gasteiger partial charge is 0.387 e. The van der Waals surface area contributed by atoms with Crippen molar-refractivity contribution in [3.63, 3.8) is 0 Å². The molecule has 0 bridgehead atoms. The first kappa shape index (κ1) is 15.4. The average molecular weight is 333 g/mol. The molecule has 2 heterocycles. The first-order valence-corrected chi connectivity index (χ1v) is 7.69. The number of ether oxygens (including phenoxy) is 1. The average Bonchev–Trinajstić information content (AvgIpc) is 2.98. The number of nitrogens with zero attached hydrogens (tertiary/aromatic N) is 2. The molecule has 1 aromatic carbocycles. The van der Waals surface area contributed by atoms with Crippen LogP contribution in [0, 0.1) is 6.92 Å². The minimum absolute atomic E-state index is 0.111. The Hall–Kier alpha value is -2.54. The van der Waals surface area contributed by atoms with Crippen LogP contribution in [-0.2, 0) is 0 Å². The van der Waals surface area contributed by atoms with E-state index < -0.39 is 6.61 Å². The quantitative estimate of drug-likeness (QED) is 0.724. The number of benzene rings is 1. The SMILES string of the molecule is Cc1ccc(OC(F)F)c(-c2csc(Nc3ccccn3)n2)c1. The van der Waals surface area contributed by atoms with Crippen molar-refractivity contribution in [2.45, 2.75) is 13.5 Å². The van der Waals surface area contributed by atoms with Crippen LogP contribution in [0.3, 0.4) is 0 Å². The maximum atomic E-state index is 12.5. The molecule has 4 nitrogen and oxygen atoms in total. The predicted octanol–water partition coefficient (Wildman–Crippen LogP) is 4.86. The number of alkyl halides is 2. The molecular formula is C16H13F2N3OS. The summed E-state index contributed by atoms with van der Waals surface area (Å²) in [6.45, 7) is -0.990. The van der Waals surface area contributed by atoms with Crippen LogP contribution >= 0.6 is 11.3 Å². The number of aromatic nitrogens is 2. The van der Waals surface area contributed by atoms with E-state index in [4.69, 9.17) is 0 Å². The molecule has 3 rings (SSSR count). The van der Waals surface area contributed by atoms with Gasteiger partial charge in [0.2, 0.25) is 0 Å². The lowest BCUT2D eigenvalue weighted by atomic mass is 10.1. The van der Waals surface area contributed by atoms with Crippen LogP contribution in [0.15, 0.2) is 48.0 Å². The summed E-state index contributed by atoms with van der Waals surface area (Å²) in [5.74, 6) is 0.780. The maximum Gasteiger partial charge on any atom is 0.387 e. The number of pyridine rings is 1. The summed E-state index contributed by atoms with van der Waals surface area (Å²) in [6.07, 6.45) is 1.67. The Balaban J connectivity index is 1.89. The van der Waals surface area contributed by atoms with Crippen LogP contribution in [0.1, 0.15) is 5.56 Å². The van der Waals surface area contributed by atoms with Crippen molar-refractivity contribution in [3.05, 3.63) is 53.5 Å². The Morgan fingerprint density at radius 2 is 2.09 bits per heavy atom. The number of aryl methyl sites for hydroxylation is 1. The van der Waals surface area contributed by atoms with E-state index in [9.17, 15) is 8.78 Å². The Labute approximate surface area is 135 Å². The zero-order valence-corrected chi connectivity index (χ0v) is 13.0. The lowest BCUT2D eigenvalue weighted by Gasteiger charge is -2.09. The summed E-state index contributed by atoms with van der Waals surface area (Å²) in [7, 11) is 0. The van der Waals surface area contributed by atoms with E-state index in [1.54, 1.807) is 23.7 Å². The van der Waals surface area contributed by atoms with Crippen LogP contribution in [0.25, 0.3) is 11.3 Å². The molecule has 118 valence electrons. The fourth-order valence-electron chi connectivity index (χ4n) is 2.04. The minimum atomic E-state index is -2.87. The number of halogens is 2. The summed E-state index contributed by atoms with van der Waals surface area (Å²) in [4.78, 5) is 8.59. The van der Waals surface area contributed by atoms with Gasteiger partial charge in [0.15, 0.2) is 5.13 Å². The minimum Gasteiger partial charge on any atom is -0.434 e. The summed E-state index contributed by atoms with van der Waals surface area (Å²) in [5.41, 5.74) is 2.05. The number of hydrogen-bond donors (Lipinski definition) is 1. The third kappa shape index (κ3) is 3.81. The van der Waals surface area contributed by atoms with Crippen molar-refractivity contribution in [2.24, 2.45) is 0 Å². The molecule has 0 atom stereocenters. The molecule has 0 amide bonds. The first-order valence-electron chi connectivity index (χ1n) is 6.81. The Kier molecular flexibility index (Phi) is 4.47. The van der Waals surface area contributed by atoms with E-state index in [-0.39, 0.29) is 5.75 Å². The summed E-state index contributed by atoms with van der Waals surface area (Å²) in [5, 5.41) is 5.49. The Morgan fingerprint density at radius 1 is 1.22 bits per heavy atom. The van der Waals surface area contributed by atoms with Crippen molar-refractivity contribution >= 4 is 22.3 Å². The molecule has 0 saturated heterocycles. The van der Waals surface area contributed by atoms with E-state index in [1.165, 1.54) is 17.4 Å². The van der Waals surface area contributed by atoms with Crippen LogP contribution in [-0.4, -0.2) is 16.6 Å². The summed E-state index contributed by atoms with van der Waals surface area (Å²) in [6, 6.07) is 10.5. The molecule has 7 heteroatoms. The molecule has 0 fully saturated rings. The molecule has 0 unspecified atom stereocenters. The van der Waals surface area contributed by atoms with Crippen molar-refractivity contribution in [1.29, 1.82) is 0 Å². The molecule has 0 aliphatic carbocycles. The van der Waals surface area contributed by atoms with Crippen LogP contribution in [0.5, 0.6) is 5.75 Å². The molecule has 2 aromatic heterocycles. The molecule has 0 aliphatic rings. The van der Waals surface area contributed by atoms with E-state index in [2.05, 4.69) is 20.0 Å². The zero-order chi connectivity index (χ0) is 16.2. The highest BCUT2D eigenvalue weighted by Crippen LogP contribution is 2.34. The Bertz CT molecular complexity index is 793. The van der Waals surface area contributed by atoms with Gasteiger partial charge in [-0.1, -0.05) is 17.7 Å². The highest BCUT2D eigenvalue weighted by Gasteiger charge is 2.14. The van der Waals surface area contributed by atoms with Gasteiger partial charge in [0.25, 0.3) is 0 Å². The van der Waals surface area contributed by atoms with E-state index in [0.29, 0.717) is 22.2 Å². The third-order valence-corrected chi connectivity index (χ3v) is 3.79. The molecule has 0 spiro atoms. The summed E-state index contributed by atoms with van der Waals surface area (Å²) < 4.78 is 29.7. The second-order valence-electron chi connectivity index (χ2n) is 4.76. The molecule has 3 aromatic rings. The van der Waals surface area contributed by atoms with Gasteiger partial charge in [0.05, 0.1) is 5.69 Å². The van der Waals surface area contributed by atoms with Gasteiger partial charge >= 0.3 is 6.61 Å². The van der Waals surface area contributed by atoms with Crippen molar-refractivity contribution in [3.8, 4) is 17.0 Å². The van der Waals surface area contributed by atoms with Gasteiger partial charge in [0.1, 0.15) is 11.6 Å². The standard InChI is InChI=1S/C16H13F2N3OS/c1-10-5-6-13(22-15(17)18)11(8-10)12-9-23-16(20-12)21-14-4-2-3-7-19-14/h2-9,15H,1H3,(H,19,20,21). The fraction of sp³-hybridized carbons (Fsp3) is 0.125. The van der Waals surface area contributed by atoms with Gasteiger partial charge in [0, 0.05) is 17.1 Å². The molecule has 0 aliphatic heterocycles. The third-order valence-electron chi connectivity index (χ3n) is 3.03. The van der Waals surface area contributed by atoms with E-state index >= 15 is 0 Å². The number of anilines is 2. The zero-order valence-electron chi connectivity index (χ0n) is 12.2. The van der Waals surface area contributed by atoms with Crippen LogP contribution in [0.2, 0.25) is 0 Å². The second-order valence-corrected chi connectivity index (χ2v) is 5.61. The van der Waals surface area contributed by atoms with E-state index in [1.807, 2.05) is 25.1 Å². The Morgan fingerprint density at radius 3 is 2.83 bits per heavy atom. The van der Waals surface area contributed by atoms with Gasteiger partial charge in [-0.3, -0.25) is 0 Å².